The standard InChI is InChI=1S/C23H24N4/c1-16-11-18(3)26(24-16)22-9-5-7-20(14-22)13-21-8-6-10-23(15-21)27-19(4)12-17(2)25-27/h5-12,14-15H,13H2,1-4H3. The van der Waals surface area contributed by atoms with Gasteiger partial charge in [-0.2, -0.15) is 10.2 Å². The van der Waals surface area contributed by atoms with Crippen LogP contribution in [-0.4, -0.2) is 19.6 Å². The minimum atomic E-state index is 0.875. The predicted molar refractivity (Wildman–Crippen MR) is 109 cm³/mol. The Hall–Kier alpha value is -3.14. The van der Waals surface area contributed by atoms with Crippen LogP contribution in [0.3, 0.4) is 0 Å². The first-order valence-electron chi connectivity index (χ1n) is 9.25. The third-order valence-electron chi connectivity index (χ3n) is 4.74. The first-order valence-corrected chi connectivity index (χ1v) is 9.25. The summed E-state index contributed by atoms with van der Waals surface area (Å²) in [4.78, 5) is 0. The Morgan fingerprint density at radius 2 is 1.07 bits per heavy atom. The van der Waals surface area contributed by atoms with E-state index in [1.165, 1.54) is 11.1 Å². The van der Waals surface area contributed by atoms with Gasteiger partial charge in [0.15, 0.2) is 0 Å². The van der Waals surface area contributed by atoms with Crippen molar-refractivity contribution in [2.24, 2.45) is 0 Å². The van der Waals surface area contributed by atoms with Crippen molar-refractivity contribution >= 4 is 0 Å². The van der Waals surface area contributed by atoms with Gasteiger partial charge >= 0.3 is 0 Å². The normalized spacial score (nSPS) is 11.1. The fourth-order valence-corrected chi connectivity index (χ4v) is 3.61. The smallest absolute Gasteiger partial charge is 0.0651 e. The van der Waals surface area contributed by atoms with Gasteiger partial charge < -0.3 is 0 Å². The molecule has 4 nitrogen and oxygen atoms in total. The summed E-state index contributed by atoms with van der Waals surface area (Å²) in [5, 5.41) is 9.20. The molecule has 0 aliphatic rings. The zero-order valence-electron chi connectivity index (χ0n) is 16.3. The van der Waals surface area contributed by atoms with Crippen molar-refractivity contribution in [1.29, 1.82) is 0 Å². The van der Waals surface area contributed by atoms with Crippen molar-refractivity contribution in [2.75, 3.05) is 0 Å². The molecule has 0 saturated carbocycles. The molecule has 0 fully saturated rings. The molecule has 4 rings (SSSR count). The topological polar surface area (TPSA) is 35.6 Å². The van der Waals surface area contributed by atoms with Crippen LogP contribution in [0, 0.1) is 27.7 Å². The Morgan fingerprint density at radius 3 is 1.44 bits per heavy atom. The Kier molecular flexibility index (Phi) is 4.40. The highest BCUT2D eigenvalue weighted by Crippen LogP contribution is 2.19. The molecule has 0 atom stereocenters. The van der Waals surface area contributed by atoms with Gasteiger partial charge in [-0.15, -0.1) is 0 Å². The van der Waals surface area contributed by atoms with Gasteiger partial charge in [0, 0.05) is 11.4 Å². The molecule has 0 unspecified atom stereocenters. The van der Waals surface area contributed by atoms with Gasteiger partial charge in [-0.25, -0.2) is 9.36 Å². The predicted octanol–water partition coefficient (Wildman–Crippen LogP) is 4.88. The molecule has 136 valence electrons. The van der Waals surface area contributed by atoms with Gasteiger partial charge in [0.25, 0.3) is 0 Å². The summed E-state index contributed by atoms with van der Waals surface area (Å²) in [5.74, 6) is 0. The lowest BCUT2D eigenvalue weighted by atomic mass is 10.0. The molecule has 0 aliphatic carbocycles. The van der Waals surface area contributed by atoms with E-state index in [2.05, 4.69) is 84.7 Å². The summed E-state index contributed by atoms with van der Waals surface area (Å²) in [6.07, 6.45) is 0.875. The van der Waals surface area contributed by atoms with E-state index in [4.69, 9.17) is 0 Å². The molecule has 4 aromatic rings. The average molecular weight is 356 g/mol. The van der Waals surface area contributed by atoms with Gasteiger partial charge in [0.2, 0.25) is 0 Å². The van der Waals surface area contributed by atoms with Crippen LogP contribution in [-0.2, 0) is 6.42 Å². The minimum absolute atomic E-state index is 0.875. The van der Waals surface area contributed by atoms with Crippen LogP contribution in [0.15, 0.2) is 60.7 Å². The summed E-state index contributed by atoms with van der Waals surface area (Å²) in [6.45, 7) is 8.23. The highest BCUT2D eigenvalue weighted by Gasteiger charge is 2.07. The number of benzene rings is 2. The summed E-state index contributed by atoms with van der Waals surface area (Å²) >= 11 is 0. The van der Waals surface area contributed by atoms with Gasteiger partial charge in [0.1, 0.15) is 0 Å². The molecule has 0 radical (unpaired) electrons. The van der Waals surface area contributed by atoms with Crippen LogP contribution in [0.25, 0.3) is 11.4 Å². The van der Waals surface area contributed by atoms with Crippen LogP contribution in [0.4, 0.5) is 0 Å². The fourth-order valence-electron chi connectivity index (χ4n) is 3.61. The van der Waals surface area contributed by atoms with Crippen molar-refractivity contribution < 1.29 is 0 Å². The lowest BCUT2D eigenvalue weighted by molar-refractivity contribution is 0.829. The number of nitrogens with zero attached hydrogens (tertiary/aromatic N) is 4. The molecule has 0 aliphatic heterocycles. The van der Waals surface area contributed by atoms with Crippen molar-refractivity contribution in [3.8, 4) is 11.4 Å². The zero-order valence-corrected chi connectivity index (χ0v) is 16.3. The third kappa shape index (κ3) is 3.56. The van der Waals surface area contributed by atoms with E-state index < -0.39 is 0 Å². The third-order valence-corrected chi connectivity index (χ3v) is 4.74. The summed E-state index contributed by atoms with van der Waals surface area (Å²) in [7, 11) is 0. The zero-order chi connectivity index (χ0) is 19.0. The quantitative estimate of drug-likeness (QED) is 0.522. The molecule has 2 heterocycles. The van der Waals surface area contributed by atoms with Crippen LogP contribution in [0.5, 0.6) is 0 Å². The van der Waals surface area contributed by atoms with E-state index in [1.54, 1.807) is 0 Å². The Bertz CT molecular complexity index is 1010. The molecule has 2 aromatic carbocycles. The van der Waals surface area contributed by atoms with Crippen molar-refractivity contribution in [3.05, 3.63) is 94.6 Å². The molecule has 0 spiro atoms. The van der Waals surface area contributed by atoms with E-state index in [-0.39, 0.29) is 0 Å². The SMILES string of the molecule is Cc1cc(C)n(-c2cccc(Cc3cccc(-n4nc(C)cc4C)c3)c2)n1. The second kappa shape index (κ2) is 6.88. The molecule has 0 amide bonds. The van der Waals surface area contributed by atoms with E-state index in [9.17, 15) is 0 Å². The van der Waals surface area contributed by atoms with Gasteiger partial charge in [-0.1, -0.05) is 24.3 Å². The van der Waals surface area contributed by atoms with E-state index >= 15 is 0 Å². The van der Waals surface area contributed by atoms with Gasteiger partial charge in [-0.05, 0) is 81.6 Å². The highest BCUT2D eigenvalue weighted by molar-refractivity contribution is 5.42. The second-order valence-electron chi connectivity index (χ2n) is 7.19. The van der Waals surface area contributed by atoms with Gasteiger partial charge in [0.05, 0.1) is 22.8 Å². The molecule has 2 aromatic heterocycles. The molecular formula is C23H24N4. The Labute approximate surface area is 160 Å². The van der Waals surface area contributed by atoms with Crippen molar-refractivity contribution in [3.63, 3.8) is 0 Å². The second-order valence-corrected chi connectivity index (χ2v) is 7.19. The first-order chi connectivity index (χ1) is 13.0. The average Bonchev–Trinajstić information content (AvgIpc) is 3.15. The van der Waals surface area contributed by atoms with Crippen LogP contribution >= 0.6 is 0 Å². The number of hydrogen-bond donors (Lipinski definition) is 0. The molecule has 0 N–H and O–H groups in total. The molecule has 0 bridgehead atoms. The summed E-state index contributed by atoms with van der Waals surface area (Å²) < 4.78 is 4.01. The van der Waals surface area contributed by atoms with Crippen molar-refractivity contribution in [2.45, 2.75) is 34.1 Å². The summed E-state index contributed by atoms with van der Waals surface area (Å²) in [6, 6.07) is 21.4. The highest BCUT2D eigenvalue weighted by atomic mass is 15.3. The number of aryl methyl sites for hydroxylation is 4. The maximum Gasteiger partial charge on any atom is 0.0651 e. The van der Waals surface area contributed by atoms with Crippen molar-refractivity contribution in [1.82, 2.24) is 19.6 Å². The Balaban J connectivity index is 1.63. The Morgan fingerprint density at radius 1 is 0.630 bits per heavy atom. The van der Waals surface area contributed by atoms with Crippen LogP contribution < -0.4 is 0 Å². The fraction of sp³-hybridized carbons (Fsp3) is 0.217. The first kappa shape index (κ1) is 17.3. The largest absolute Gasteiger partial charge is 0.238 e. The minimum Gasteiger partial charge on any atom is -0.238 e. The summed E-state index contributed by atoms with van der Waals surface area (Å²) in [5.41, 5.74) is 9.12. The van der Waals surface area contributed by atoms with Gasteiger partial charge in [-0.3, -0.25) is 0 Å². The number of hydrogen-bond acceptors (Lipinski definition) is 2. The molecule has 0 saturated heterocycles. The van der Waals surface area contributed by atoms with E-state index in [1.807, 2.05) is 23.2 Å². The van der Waals surface area contributed by atoms with Crippen LogP contribution in [0.2, 0.25) is 0 Å². The molecule has 27 heavy (non-hydrogen) atoms. The molecule has 4 heteroatoms. The number of aromatic nitrogens is 4. The van der Waals surface area contributed by atoms with E-state index in [0.29, 0.717) is 0 Å². The van der Waals surface area contributed by atoms with E-state index in [0.717, 1.165) is 40.6 Å². The lowest BCUT2D eigenvalue weighted by Gasteiger charge is -2.10. The lowest BCUT2D eigenvalue weighted by Crippen LogP contribution is -2.01. The number of rotatable bonds is 4. The maximum atomic E-state index is 4.60. The monoisotopic (exact) mass is 356 g/mol. The molecular weight excluding hydrogens is 332 g/mol. The van der Waals surface area contributed by atoms with Crippen LogP contribution in [0.1, 0.15) is 33.9 Å². The maximum absolute atomic E-state index is 4.60.